The first kappa shape index (κ1) is 13.4. The Labute approximate surface area is 133 Å². The molecule has 5 heteroatoms. The van der Waals surface area contributed by atoms with E-state index in [4.69, 9.17) is 10.7 Å². The summed E-state index contributed by atoms with van der Waals surface area (Å²) in [7, 11) is 0. The van der Waals surface area contributed by atoms with Crippen LogP contribution >= 0.6 is 11.8 Å². The van der Waals surface area contributed by atoms with Crippen molar-refractivity contribution >= 4 is 17.6 Å². The van der Waals surface area contributed by atoms with Crippen LogP contribution in [0.15, 0.2) is 53.8 Å². The highest BCUT2D eigenvalue weighted by Gasteiger charge is 2.22. The lowest BCUT2D eigenvalue weighted by molar-refractivity contribution is 0.612. The molecule has 0 spiro atoms. The van der Waals surface area contributed by atoms with Crippen molar-refractivity contribution in [2.24, 2.45) is 0 Å². The zero-order valence-corrected chi connectivity index (χ0v) is 12.9. The maximum atomic E-state index is 5.88. The minimum Gasteiger partial charge on any atom is -0.384 e. The van der Waals surface area contributed by atoms with Crippen LogP contribution in [0.1, 0.15) is 6.42 Å². The highest BCUT2D eigenvalue weighted by atomic mass is 32.2. The van der Waals surface area contributed by atoms with Gasteiger partial charge in [0.15, 0.2) is 5.16 Å². The summed E-state index contributed by atoms with van der Waals surface area (Å²) in [5.74, 6) is 1.67. The summed E-state index contributed by atoms with van der Waals surface area (Å²) in [6.45, 7) is 1.000. The van der Waals surface area contributed by atoms with E-state index in [1.54, 1.807) is 6.20 Å². The van der Waals surface area contributed by atoms with Crippen molar-refractivity contribution < 1.29 is 0 Å². The summed E-state index contributed by atoms with van der Waals surface area (Å²) in [4.78, 5) is 9.00. The average molecular weight is 308 g/mol. The molecule has 0 saturated heterocycles. The lowest BCUT2D eigenvalue weighted by Gasteiger charge is -2.16. The molecular formula is C17H16N4S. The smallest absolute Gasteiger partial charge is 0.169 e. The van der Waals surface area contributed by atoms with Crippen molar-refractivity contribution in [3.8, 4) is 22.5 Å². The number of rotatable bonds is 2. The fraction of sp³-hybridized carbons (Fsp3) is 0.176. The molecule has 0 saturated carbocycles. The van der Waals surface area contributed by atoms with Gasteiger partial charge in [-0.05, 0) is 18.6 Å². The molecule has 3 heterocycles. The van der Waals surface area contributed by atoms with Gasteiger partial charge in [-0.2, -0.15) is 0 Å². The summed E-state index contributed by atoms with van der Waals surface area (Å²) in [6, 6.07) is 14.3. The van der Waals surface area contributed by atoms with E-state index in [1.807, 2.05) is 42.1 Å². The summed E-state index contributed by atoms with van der Waals surface area (Å²) in [5.41, 5.74) is 10.3. The van der Waals surface area contributed by atoms with E-state index in [0.717, 1.165) is 46.4 Å². The molecule has 0 atom stereocenters. The number of pyridine rings is 1. The van der Waals surface area contributed by atoms with Crippen LogP contribution in [0.25, 0.3) is 22.5 Å². The number of nitrogens with zero attached hydrogens (tertiary/aromatic N) is 3. The van der Waals surface area contributed by atoms with Crippen LogP contribution < -0.4 is 5.73 Å². The second-order valence-electron chi connectivity index (χ2n) is 5.28. The Morgan fingerprint density at radius 3 is 2.77 bits per heavy atom. The lowest BCUT2D eigenvalue weighted by atomic mass is 10.1. The van der Waals surface area contributed by atoms with Gasteiger partial charge >= 0.3 is 0 Å². The number of nitrogens with two attached hydrogens (primary N) is 1. The number of aromatic nitrogens is 3. The second-order valence-corrected chi connectivity index (χ2v) is 6.34. The molecule has 2 N–H and O–H groups in total. The van der Waals surface area contributed by atoms with Gasteiger partial charge in [-0.3, -0.25) is 0 Å². The number of benzene rings is 1. The summed E-state index contributed by atoms with van der Waals surface area (Å²) in [6.07, 6.45) is 2.92. The molecule has 0 amide bonds. The number of fused-ring (bicyclic) bond motifs is 1. The van der Waals surface area contributed by atoms with E-state index in [0.29, 0.717) is 5.82 Å². The van der Waals surface area contributed by atoms with E-state index < -0.39 is 0 Å². The Hall–Kier alpha value is -2.27. The first-order valence-electron chi connectivity index (χ1n) is 7.33. The zero-order chi connectivity index (χ0) is 14.9. The van der Waals surface area contributed by atoms with Gasteiger partial charge in [0, 0.05) is 29.6 Å². The van der Waals surface area contributed by atoms with Crippen LogP contribution in [0.4, 0.5) is 5.82 Å². The highest BCUT2D eigenvalue weighted by Crippen LogP contribution is 2.38. The van der Waals surface area contributed by atoms with Gasteiger partial charge in [-0.1, -0.05) is 42.1 Å². The van der Waals surface area contributed by atoms with Gasteiger partial charge in [-0.25, -0.2) is 9.97 Å². The Balaban J connectivity index is 1.97. The predicted molar refractivity (Wildman–Crippen MR) is 90.6 cm³/mol. The van der Waals surface area contributed by atoms with E-state index in [2.05, 4.69) is 21.7 Å². The Morgan fingerprint density at radius 2 is 1.95 bits per heavy atom. The van der Waals surface area contributed by atoms with Crippen LogP contribution in [0.5, 0.6) is 0 Å². The quantitative estimate of drug-likeness (QED) is 0.784. The molecule has 1 aromatic carbocycles. The first-order chi connectivity index (χ1) is 10.8. The van der Waals surface area contributed by atoms with Gasteiger partial charge in [-0.15, -0.1) is 0 Å². The van der Waals surface area contributed by atoms with Gasteiger partial charge in [0.05, 0.1) is 11.4 Å². The molecule has 4 rings (SSSR count). The molecule has 3 aromatic rings. The molecule has 110 valence electrons. The predicted octanol–water partition coefficient (Wildman–Crippen LogP) is 3.69. The number of anilines is 1. The molecule has 2 aromatic heterocycles. The van der Waals surface area contributed by atoms with Crippen molar-refractivity contribution in [3.63, 3.8) is 0 Å². The number of nitrogen functional groups attached to an aromatic ring is 1. The van der Waals surface area contributed by atoms with Crippen molar-refractivity contribution in [2.75, 3.05) is 11.5 Å². The standard InChI is InChI=1S/C17H16N4S/c18-14-11-13(7-8-19-14)16-15(12-5-2-1-3-6-12)20-17-21(16)9-4-10-22-17/h1-3,5-8,11H,4,9-10H2,(H2,18,19). The van der Waals surface area contributed by atoms with Gasteiger partial charge in [0.2, 0.25) is 0 Å². The van der Waals surface area contributed by atoms with Crippen LogP contribution in [0.3, 0.4) is 0 Å². The number of hydrogen-bond acceptors (Lipinski definition) is 4. The third-order valence-corrected chi connectivity index (χ3v) is 4.85. The van der Waals surface area contributed by atoms with Gasteiger partial charge < -0.3 is 10.3 Å². The van der Waals surface area contributed by atoms with Crippen LogP contribution in [0.2, 0.25) is 0 Å². The van der Waals surface area contributed by atoms with E-state index in [-0.39, 0.29) is 0 Å². The lowest BCUT2D eigenvalue weighted by Crippen LogP contribution is -2.08. The fourth-order valence-electron chi connectivity index (χ4n) is 2.82. The fourth-order valence-corrected chi connectivity index (χ4v) is 3.77. The third-order valence-electron chi connectivity index (χ3n) is 3.79. The van der Waals surface area contributed by atoms with E-state index in [9.17, 15) is 0 Å². The Kier molecular flexibility index (Phi) is 3.35. The molecule has 0 bridgehead atoms. The average Bonchev–Trinajstić information content (AvgIpc) is 2.95. The molecule has 0 radical (unpaired) electrons. The molecule has 1 aliphatic rings. The topological polar surface area (TPSA) is 56.7 Å². The molecule has 0 fully saturated rings. The number of hydrogen-bond donors (Lipinski definition) is 1. The van der Waals surface area contributed by atoms with Crippen LogP contribution in [-0.2, 0) is 6.54 Å². The zero-order valence-electron chi connectivity index (χ0n) is 12.1. The van der Waals surface area contributed by atoms with Crippen LogP contribution in [-0.4, -0.2) is 20.3 Å². The minimum atomic E-state index is 0.538. The second kappa shape index (κ2) is 5.50. The molecular weight excluding hydrogens is 292 g/mol. The third kappa shape index (κ3) is 2.27. The SMILES string of the molecule is Nc1cc(-c2c(-c3ccccc3)nc3n2CCCS3)ccn1. The van der Waals surface area contributed by atoms with E-state index >= 15 is 0 Å². The normalized spacial score (nSPS) is 13.8. The molecule has 0 aliphatic carbocycles. The minimum absolute atomic E-state index is 0.538. The van der Waals surface area contributed by atoms with Crippen molar-refractivity contribution in [3.05, 3.63) is 48.7 Å². The van der Waals surface area contributed by atoms with Crippen molar-refractivity contribution in [1.29, 1.82) is 0 Å². The van der Waals surface area contributed by atoms with Crippen LogP contribution in [0, 0.1) is 0 Å². The van der Waals surface area contributed by atoms with E-state index in [1.165, 1.54) is 0 Å². The van der Waals surface area contributed by atoms with Crippen molar-refractivity contribution in [2.45, 2.75) is 18.1 Å². The molecule has 4 nitrogen and oxygen atoms in total. The molecule has 0 unspecified atom stereocenters. The number of thioether (sulfide) groups is 1. The molecule has 22 heavy (non-hydrogen) atoms. The Bertz CT molecular complexity index is 811. The summed E-state index contributed by atoms with van der Waals surface area (Å²) in [5, 5.41) is 1.09. The molecule has 1 aliphatic heterocycles. The van der Waals surface area contributed by atoms with Gasteiger partial charge in [0.25, 0.3) is 0 Å². The van der Waals surface area contributed by atoms with Crippen molar-refractivity contribution in [1.82, 2.24) is 14.5 Å². The highest BCUT2D eigenvalue weighted by molar-refractivity contribution is 7.99. The summed E-state index contributed by atoms with van der Waals surface area (Å²) >= 11 is 1.82. The summed E-state index contributed by atoms with van der Waals surface area (Å²) < 4.78 is 2.31. The van der Waals surface area contributed by atoms with Gasteiger partial charge in [0.1, 0.15) is 5.82 Å². The Morgan fingerprint density at radius 1 is 1.09 bits per heavy atom. The maximum absolute atomic E-state index is 5.88. The number of imidazole rings is 1. The first-order valence-corrected chi connectivity index (χ1v) is 8.32. The maximum Gasteiger partial charge on any atom is 0.169 e. The largest absolute Gasteiger partial charge is 0.384 e. The monoisotopic (exact) mass is 308 g/mol.